The number of amides is 1. The second-order valence-corrected chi connectivity index (χ2v) is 11.0. The van der Waals surface area contributed by atoms with E-state index in [9.17, 15) is 26.4 Å². The van der Waals surface area contributed by atoms with Crippen molar-refractivity contribution >= 4 is 44.2 Å². The van der Waals surface area contributed by atoms with Crippen LogP contribution in [-0.4, -0.2) is 43.1 Å². The highest BCUT2D eigenvalue weighted by Crippen LogP contribution is 2.26. The number of nitrogen functional groups attached to an aromatic ring is 1. The van der Waals surface area contributed by atoms with Crippen LogP contribution in [0.2, 0.25) is 0 Å². The van der Waals surface area contributed by atoms with Crippen LogP contribution >= 0.6 is 0 Å². The van der Waals surface area contributed by atoms with Crippen molar-refractivity contribution in [2.75, 3.05) is 17.6 Å². The van der Waals surface area contributed by atoms with Gasteiger partial charge in [-0.3, -0.25) is 4.79 Å². The molecule has 2 aliphatic rings. The number of carbonyl (C=O) groups is 2. The molecule has 1 atom stereocenters. The van der Waals surface area contributed by atoms with E-state index in [-0.39, 0.29) is 23.9 Å². The summed E-state index contributed by atoms with van der Waals surface area (Å²) in [4.78, 5) is 26.5. The first-order chi connectivity index (χ1) is 19.8. The Bertz CT molecular complexity index is 1710. The van der Waals surface area contributed by atoms with Gasteiger partial charge in [-0.05, 0) is 64.9 Å². The van der Waals surface area contributed by atoms with Gasteiger partial charge in [0.2, 0.25) is 15.9 Å². The Balaban J connectivity index is 0.000000517. The molecule has 4 bridgehead atoms. The topological polar surface area (TPSA) is 164 Å². The fourth-order valence-electron chi connectivity index (χ4n) is 4.16. The van der Waals surface area contributed by atoms with Crippen LogP contribution in [0.15, 0.2) is 83.9 Å². The summed E-state index contributed by atoms with van der Waals surface area (Å²) in [6.45, 7) is 0.470. The lowest BCUT2D eigenvalue weighted by atomic mass is 10.0. The molecule has 14 heteroatoms. The molecule has 1 aromatic heterocycles. The summed E-state index contributed by atoms with van der Waals surface area (Å²) in [5, 5.41) is 15.2. The van der Waals surface area contributed by atoms with Crippen LogP contribution in [0.5, 0.6) is 0 Å². The molecule has 1 amide bonds. The van der Waals surface area contributed by atoms with Gasteiger partial charge in [-0.1, -0.05) is 36.4 Å². The number of carboxylic acids is 1. The highest BCUT2D eigenvalue weighted by molar-refractivity contribution is 7.89. The summed E-state index contributed by atoms with van der Waals surface area (Å²) in [5.41, 5.74) is 9.20. The predicted molar refractivity (Wildman–Crippen MR) is 150 cm³/mol. The molecule has 0 saturated carbocycles. The lowest BCUT2D eigenvalue weighted by Crippen LogP contribution is -2.33. The minimum Gasteiger partial charge on any atom is -0.475 e. The molecule has 6 rings (SSSR count). The van der Waals surface area contributed by atoms with E-state index in [1.54, 1.807) is 30.5 Å². The van der Waals surface area contributed by atoms with Crippen molar-refractivity contribution in [2.24, 2.45) is 0 Å². The smallest absolute Gasteiger partial charge is 0.475 e. The zero-order chi connectivity index (χ0) is 30.5. The number of anilines is 2. The van der Waals surface area contributed by atoms with Crippen LogP contribution in [-0.2, 0) is 32.6 Å². The molecule has 0 aliphatic carbocycles. The number of pyridine rings is 1. The molecule has 0 radical (unpaired) electrons. The quantitative estimate of drug-likeness (QED) is 0.232. The Labute approximate surface area is 238 Å². The van der Waals surface area contributed by atoms with Crippen molar-refractivity contribution in [3.8, 4) is 0 Å². The monoisotopic (exact) mass is 601 g/mol. The van der Waals surface area contributed by atoms with Crippen molar-refractivity contribution < 1.29 is 36.3 Å². The number of halogens is 3. The molecule has 3 heterocycles. The van der Waals surface area contributed by atoms with E-state index in [0.717, 1.165) is 27.6 Å². The normalized spacial score (nSPS) is 16.7. The van der Waals surface area contributed by atoms with Gasteiger partial charge in [0, 0.05) is 30.4 Å². The van der Waals surface area contributed by atoms with Crippen molar-refractivity contribution in [1.82, 2.24) is 15.0 Å². The zero-order valence-corrected chi connectivity index (χ0v) is 22.7. The van der Waals surface area contributed by atoms with Crippen molar-refractivity contribution in [2.45, 2.75) is 30.1 Å². The average molecular weight is 602 g/mol. The third-order valence-electron chi connectivity index (χ3n) is 6.31. The van der Waals surface area contributed by atoms with E-state index in [2.05, 4.69) is 20.3 Å². The first-order valence-electron chi connectivity index (χ1n) is 12.5. The summed E-state index contributed by atoms with van der Waals surface area (Å²) in [6, 6.07) is 21.1. The maximum Gasteiger partial charge on any atom is 0.490 e. The number of aliphatic carboxylic acids is 1. The highest BCUT2D eigenvalue weighted by Gasteiger charge is 2.38. The Morgan fingerprint density at radius 3 is 2.43 bits per heavy atom. The summed E-state index contributed by atoms with van der Waals surface area (Å²) in [6.07, 6.45) is -2.90. The minimum atomic E-state index is -5.08. The van der Waals surface area contributed by atoms with Gasteiger partial charge in [-0.2, -0.15) is 13.2 Å². The van der Waals surface area contributed by atoms with Gasteiger partial charge in [0.25, 0.3) is 0 Å². The Hall–Kier alpha value is -4.69. The van der Waals surface area contributed by atoms with Crippen molar-refractivity contribution in [3.63, 3.8) is 0 Å². The second-order valence-electron chi connectivity index (χ2n) is 9.27. The average Bonchev–Trinajstić information content (AvgIpc) is 2.95. The van der Waals surface area contributed by atoms with Crippen molar-refractivity contribution in [3.05, 3.63) is 95.7 Å². The number of carboxylic acid groups (broad SMARTS) is 1. The van der Waals surface area contributed by atoms with Gasteiger partial charge in [-0.15, -0.1) is 0 Å². The number of nitrogens with one attached hydrogen (secondary N) is 3. The molecule has 6 N–H and O–H groups in total. The fraction of sp³-hybridized carbons (Fsp3) is 0.179. The van der Waals surface area contributed by atoms with Gasteiger partial charge < -0.3 is 21.5 Å². The first-order valence-corrected chi connectivity index (χ1v) is 14.0. The number of nitrogens with zero attached hydrogens (tertiary/aromatic N) is 1. The Morgan fingerprint density at radius 1 is 1.02 bits per heavy atom. The number of carbonyl (C=O) groups excluding carboxylic acids is 1. The standard InChI is InChI=1S/C26H25N5O3S.C2HF3O2/c27-25-23-9-8-21(15-20(23)11-12-28-25)31-24-19-6-4-17(5-7-19)10-13-30-35(33,34)22-3-1-2-18(14-22)16-29-26(24)32;3-2(4,5)1(6)7/h1-9,11-12,14-15,24,30-31H,10,13,16H2,(H2,27,28)(H,29,32);(H,6,7). The molecular weight excluding hydrogens is 575 g/mol. The van der Waals surface area contributed by atoms with Gasteiger partial charge >= 0.3 is 12.1 Å². The lowest BCUT2D eigenvalue weighted by Gasteiger charge is -2.21. The summed E-state index contributed by atoms with van der Waals surface area (Å²) < 4.78 is 59.7. The molecule has 220 valence electrons. The maximum atomic E-state index is 13.4. The van der Waals surface area contributed by atoms with Crippen LogP contribution in [0, 0.1) is 0 Å². The molecule has 2 aliphatic heterocycles. The Kier molecular flexibility index (Phi) is 8.97. The summed E-state index contributed by atoms with van der Waals surface area (Å²) >= 11 is 0. The minimum absolute atomic E-state index is 0.175. The van der Waals surface area contributed by atoms with E-state index >= 15 is 0 Å². The van der Waals surface area contributed by atoms with E-state index < -0.39 is 28.2 Å². The van der Waals surface area contributed by atoms with Crippen LogP contribution in [0.3, 0.4) is 0 Å². The summed E-state index contributed by atoms with van der Waals surface area (Å²) in [7, 11) is -3.64. The van der Waals surface area contributed by atoms with Crippen LogP contribution in [0.4, 0.5) is 24.7 Å². The number of aromatic nitrogens is 1. The number of alkyl halides is 3. The molecule has 0 spiro atoms. The second kappa shape index (κ2) is 12.4. The van der Waals surface area contributed by atoms with Crippen molar-refractivity contribution in [1.29, 1.82) is 0 Å². The Morgan fingerprint density at radius 2 is 1.74 bits per heavy atom. The largest absolute Gasteiger partial charge is 0.490 e. The lowest BCUT2D eigenvalue weighted by molar-refractivity contribution is -0.192. The number of hydrogen-bond acceptors (Lipinski definition) is 7. The van der Waals surface area contributed by atoms with E-state index in [4.69, 9.17) is 15.6 Å². The molecular formula is C28H26F3N5O5S. The number of nitrogens with two attached hydrogens (primary N) is 1. The SMILES string of the molecule is Nc1nccc2cc(NC3C(=O)NCc4cccc(c4)S(=O)(=O)NCCc4ccc3cc4)ccc12.O=C(O)C(F)(F)F. The zero-order valence-electron chi connectivity index (χ0n) is 21.9. The maximum absolute atomic E-state index is 13.4. The molecule has 3 aromatic carbocycles. The van der Waals surface area contributed by atoms with E-state index in [1.807, 2.05) is 48.5 Å². The number of rotatable bonds is 2. The number of sulfonamides is 1. The molecule has 42 heavy (non-hydrogen) atoms. The third kappa shape index (κ3) is 7.53. The molecule has 0 fully saturated rings. The fourth-order valence-corrected chi connectivity index (χ4v) is 5.26. The van der Waals surface area contributed by atoms with Gasteiger partial charge in [0.1, 0.15) is 11.9 Å². The van der Waals surface area contributed by atoms with Crippen LogP contribution in [0.1, 0.15) is 22.7 Å². The third-order valence-corrected chi connectivity index (χ3v) is 7.76. The van der Waals surface area contributed by atoms with E-state index in [1.165, 1.54) is 0 Å². The van der Waals surface area contributed by atoms with Gasteiger partial charge in [0.05, 0.1) is 4.90 Å². The first kappa shape index (κ1) is 30.3. The number of hydrogen-bond donors (Lipinski definition) is 5. The highest BCUT2D eigenvalue weighted by atomic mass is 32.2. The predicted octanol–water partition coefficient (Wildman–Crippen LogP) is 3.75. The number of fused-ring (bicyclic) bond motifs is 9. The molecule has 0 saturated heterocycles. The summed E-state index contributed by atoms with van der Waals surface area (Å²) in [5.74, 6) is -2.53. The molecule has 4 aromatic rings. The molecule has 10 nitrogen and oxygen atoms in total. The van der Waals surface area contributed by atoms with Crippen LogP contribution < -0.4 is 21.1 Å². The van der Waals surface area contributed by atoms with Gasteiger partial charge in [0.15, 0.2) is 0 Å². The number of benzene rings is 3. The van der Waals surface area contributed by atoms with Gasteiger partial charge in [-0.25, -0.2) is 22.9 Å². The van der Waals surface area contributed by atoms with Crippen LogP contribution in [0.25, 0.3) is 10.8 Å². The molecule has 1 unspecified atom stereocenters. The van der Waals surface area contributed by atoms with E-state index in [0.29, 0.717) is 17.8 Å².